The zero-order valence-electron chi connectivity index (χ0n) is 48.1. The van der Waals surface area contributed by atoms with Gasteiger partial charge in [0.05, 0.1) is 26.4 Å². The maximum absolute atomic E-state index is 13.1. The Hall–Kier alpha value is -1.01. The van der Waals surface area contributed by atoms with Crippen LogP contribution in [-0.2, 0) is 33.2 Å². The molecule has 2 saturated heterocycles. The first-order valence-corrected chi connectivity index (χ1v) is 31.6. The van der Waals surface area contributed by atoms with Crippen LogP contribution < -0.4 is 0 Å². The number of unbranched alkanes of at least 4 members (excludes halogenated alkanes) is 39. The van der Waals surface area contributed by atoms with Crippen LogP contribution in [0.4, 0.5) is 0 Å². The molecule has 446 valence electrons. The van der Waals surface area contributed by atoms with E-state index in [2.05, 4.69) is 13.8 Å². The third-order valence-corrected chi connectivity index (χ3v) is 15.6. The number of esters is 1. The molecule has 0 amide bonds. The molecule has 0 aromatic carbocycles. The van der Waals surface area contributed by atoms with Crippen molar-refractivity contribution < 1.29 is 69.0 Å². The molecule has 2 rings (SSSR count). The monoisotopic (exact) mass is 1070 g/mol. The summed E-state index contributed by atoms with van der Waals surface area (Å²) in [5, 5.41) is 72.4. The molecule has 2 aliphatic heterocycles. The lowest BCUT2D eigenvalue weighted by Gasteiger charge is -2.42. The SMILES string of the molecule is CCCCCCCCCCCCCCCCCCCCCCCCOCC(COC1OC(COC2OC(CO)C(O)C(O)C2O)C(O)C(O)C1O)OC(=O)CCCCCCCCCCCCCCCCCCCCC. The van der Waals surface area contributed by atoms with Gasteiger partial charge in [0.25, 0.3) is 0 Å². The second kappa shape index (κ2) is 48.9. The van der Waals surface area contributed by atoms with Crippen molar-refractivity contribution in [1.82, 2.24) is 0 Å². The van der Waals surface area contributed by atoms with Gasteiger partial charge in [0.15, 0.2) is 12.6 Å². The maximum atomic E-state index is 13.1. The lowest BCUT2D eigenvalue weighted by Crippen LogP contribution is -2.61. The molecular formula is C61H118O14. The van der Waals surface area contributed by atoms with Crippen LogP contribution in [0.3, 0.4) is 0 Å². The van der Waals surface area contributed by atoms with Crippen LogP contribution in [-0.4, -0.2) is 142 Å². The molecule has 0 saturated carbocycles. The van der Waals surface area contributed by atoms with Gasteiger partial charge in [-0.05, 0) is 12.8 Å². The van der Waals surface area contributed by atoms with E-state index < -0.39 is 80.7 Å². The average molecular weight is 1080 g/mol. The molecule has 14 heteroatoms. The topological polar surface area (TPSA) is 214 Å². The van der Waals surface area contributed by atoms with E-state index in [0.29, 0.717) is 6.61 Å². The van der Waals surface area contributed by atoms with Crippen LogP contribution in [0.2, 0.25) is 0 Å². The standard InChI is InChI=1S/C61H118O14/c1-3-5-7-9-11-13-15-17-19-21-23-24-25-27-29-31-33-35-37-39-41-43-45-70-47-50(73-53(63)44-42-40-38-36-34-32-30-28-26-22-20-18-16-14-12-10-8-6-4-2)48-71-60-59(69)57(67)55(65)52(75-60)49-72-61-58(68)56(66)54(64)51(46-62)74-61/h50-52,54-62,64-69H,3-49H2,1-2H3. The molecular weight excluding hydrogens is 957 g/mol. The van der Waals surface area contributed by atoms with Gasteiger partial charge in [0, 0.05) is 13.0 Å². The lowest BCUT2D eigenvalue weighted by atomic mass is 9.98. The number of ether oxygens (including phenoxy) is 6. The predicted octanol–water partition coefficient (Wildman–Crippen LogP) is 12.0. The van der Waals surface area contributed by atoms with Crippen molar-refractivity contribution in [2.24, 2.45) is 0 Å². The summed E-state index contributed by atoms with van der Waals surface area (Å²) >= 11 is 0. The third kappa shape index (κ3) is 35.4. The van der Waals surface area contributed by atoms with Crippen LogP contribution in [0, 0.1) is 0 Å². The van der Waals surface area contributed by atoms with Crippen LogP contribution >= 0.6 is 0 Å². The number of carbonyl (C=O) groups is 1. The largest absolute Gasteiger partial charge is 0.457 e. The van der Waals surface area contributed by atoms with Crippen molar-refractivity contribution >= 4 is 5.97 Å². The minimum Gasteiger partial charge on any atom is -0.457 e. The first-order valence-electron chi connectivity index (χ1n) is 31.6. The number of aliphatic hydroxyl groups is 7. The molecule has 0 radical (unpaired) electrons. The van der Waals surface area contributed by atoms with Gasteiger partial charge >= 0.3 is 5.97 Å². The van der Waals surface area contributed by atoms with Gasteiger partial charge in [-0.1, -0.05) is 264 Å². The highest BCUT2D eigenvalue weighted by Crippen LogP contribution is 2.27. The van der Waals surface area contributed by atoms with Crippen molar-refractivity contribution in [1.29, 1.82) is 0 Å². The Bertz CT molecular complexity index is 1250. The zero-order valence-corrected chi connectivity index (χ0v) is 48.1. The Morgan fingerprint density at radius 2 is 0.707 bits per heavy atom. The zero-order chi connectivity index (χ0) is 54.4. The molecule has 0 spiro atoms. The van der Waals surface area contributed by atoms with E-state index in [0.717, 1.165) is 44.9 Å². The first kappa shape index (κ1) is 70.1. The molecule has 0 aromatic rings. The lowest BCUT2D eigenvalue weighted by molar-refractivity contribution is -0.332. The normalized spacial score (nSPS) is 24.5. The highest BCUT2D eigenvalue weighted by atomic mass is 16.7. The fraction of sp³-hybridized carbons (Fsp3) is 0.984. The van der Waals surface area contributed by atoms with Gasteiger partial charge in [-0.15, -0.1) is 0 Å². The summed E-state index contributed by atoms with van der Waals surface area (Å²) < 4.78 is 34.5. The summed E-state index contributed by atoms with van der Waals surface area (Å²) in [7, 11) is 0. The molecule has 2 fully saturated rings. The molecule has 2 aliphatic rings. The van der Waals surface area contributed by atoms with E-state index in [9.17, 15) is 40.5 Å². The summed E-state index contributed by atoms with van der Waals surface area (Å²) in [5.74, 6) is -0.366. The Labute approximate surface area is 457 Å². The number of hydrogen-bond donors (Lipinski definition) is 7. The first-order chi connectivity index (χ1) is 36.6. The maximum Gasteiger partial charge on any atom is 0.306 e. The molecule has 14 nitrogen and oxygen atoms in total. The van der Waals surface area contributed by atoms with E-state index in [4.69, 9.17) is 28.4 Å². The van der Waals surface area contributed by atoms with E-state index >= 15 is 0 Å². The second-order valence-corrected chi connectivity index (χ2v) is 22.6. The molecule has 11 atom stereocenters. The van der Waals surface area contributed by atoms with Crippen molar-refractivity contribution in [2.75, 3.05) is 33.0 Å². The van der Waals surface area contributed by atoms with Gasteiger partial charge in [-0.2, -0.15) is 0 Å². The number of aliphatic hydroxyl groups excluding tert-OH is 7. The quantitative estimate of drug-likeness (QED) is 0.0223. The van der Waals surface area contributed by atoms with Crippen molar-refractivity contribution in [3.8, 4) is 0 Å². The van der Waals surface area contributed by atoms with E-state index in [1.54, 1.807) is 0 Å². The Morgan fingerprint density at radius 1 is 0.387 bits per heavy atom. The number of rotatable bonds is 53. The summed E-state index contributed by atoms with van der Waals surface area (Å²) in [4.78, 5) is 13.1. The van der Waals surface area contributed by atoms with Crippen molar-refractivity contribution in [3.05, 3.63) is 0 Å². The van der Waals surface area contributed by atoms with Crippen LogP contribution in [0.25, 0.3) is 0 Å². The molecule has 2 heterocycles. The minimum atomic E-state index is -1.70. The van der Waals surface area contributed by atoms with Gasteiger partial charge in [0.1, 0.15) is 54.9 Å². The van der Waals surface area contributed by atoms with Gasteiger partial charge in [0.2, 0.25) is 0 Å². The molecule has 11 unspecified atom stereocenters. The van der Waals surface area contributed by atoms with Crippen LogP contribution in [0.5, 0.6) is 0 Å². The van der Waals surface area contributed by atoms with Crippen molar-refractivity contribution in [3.63, 3.8) is 0 Å². The molecule has 0 bridgehead atoms. The van der Waals surface area contributed by atoms with Gasteiger partial charge < -0.3 is 64.2 Å². The fourth-order valence-electron chi connectivity index (χ4n) is 10.5. The Balaban J connectivity index is 1.67. The van der Waals surface area contributed by atoms with Gasteiger partial charge in [-0.3, -0.25) is 4.79 Å². The molecule has 0 aromatic heterocycles. The number of carbonyl (C=O) groups excluding carboxylic acids is 1. The predicted molar refractivity (Wildman–Crippen MR) is 298 cm³/mol. The molecule has 75 heavy (non-hydrogen) atoms. The summed E-state index contributed by atoms with van der Waals surface area (Å²) in [5.41, 5.74) is 0. The minimum absolute atomic E-state index is 0.0713. The Morgan fingerprint density at radius 3 is 1.08 bits per heavy atom. The fourth-order valence-corrected chi connectivity index (χ4v) is 10.5. The average Bonchev–Trinajstić information content (AvgIpc) is 3.41. The highest BCUT2D eigenvalue weighted by molar-refractivity contribution is 5.69. The summed E-state index contributed by atoms with van der Waals surface area (Å²) in [6.07, 6.45) is 37.4. The summed E-state index contributed by atoms with van der Waals surface area (Å²) in [6, 6.07) is 0. The van der Waals surface area contributed by atoms with Gasteiger partial charge in [-0.25, -0.2) is 0 Å². The summed E-state index contributed by atoms with van der Waals surface area (Å²) in [6.45, 7) is 3.78. The van der Waals surface area contributed by atoms with Crippen LogP contribution in [0.15, 0.2) is 0 Å². The Kier molecular flexibility index (Phi) is 45.7. The molecule has 0 aliphatic carbocycles. The van der Waals surface area contributed by atoms with Crippen molar-refractivity contribution in [2.45, 2.75) is 351 Å². The van der Waals surface area contributed by atoms with E-state index in [1.165, 1.54) is 218 Å². The molecule has 7 N–H and O–H groups in total. The third-order valence-electron chi connectivity index (χ3n) is 15.6. The number of hydrogen-bond acceptors (Lipinski definition) is 14. The van der Waals surface area contributed by atoms with E-state index in [-0.39, 0.29) is 25.6 Å². The smallest absolute Gasteiger partial charge is 0.306 e. The van der Waals surface area contributed by atoms with Crippen LogP contribution in [0.1, 0.15) is 284 Å². The highest BCUT2D eigenvalue weighted by Gasteiger charge is 2.47. The van der Waals surface area contributed by atoms with E-state index in [1.807, 2.05) is 0 Å². The second-order valence-electron chi connectivity index (χ2n) is 22.6.